The Labute approximate surface area is 125 Å². The smallest absolute Gasteiger partial charge is 0.00988 e. The lowest BCUT2D eigenvalue weighted by atomic mass is 9.94. The van der Waals surface area contributed by atoms with Crippen molar-refractivity contribution in [2.45, 2.75) is 20.8 Å². The van der Waals surface area contributed by atoms with Crippen LogP contribution in [0.4, 0.5) is 0 Å². The van der Waals surface area contributed by atoms with E-state index >= 15 is 0 Å². The SMILES string of the molecule is Cc1cc2cc3cc(C)c4ccccc4c3cc2cc1C. The first-order valence-corrected chi connectivity index (χ1v) is 7.46. The molecule has 4 aromatic carbocycles. The number of hydrogen-bond acceptors (Lipinski definition) is 0. The Bertz CT molecular complexity index is 1010. The van der Waals surface area contributed by atoms with Crippen molar-refractivity contribution in [1.82, 2.24) is 0 Å². The zero-order chi connectivity index (χ0) is 14.6. The highest BCUT2D eigenvalue weighted by Crippen LogP contribution is 2.32. The molecule has 21 heavy (non-hydrogen) atoms. The summed E-state index contributed by atoms with van der Waals surface area (Å²) in [6.45, 7) is 6.57. The molecular formula is C21H18. The number of benzene rings is 4. The number of rotatable bonds is 0. The monoisotopic (exact) mass is 270 g/mol. The molecule has 4 aromatic rings. The van der Waals surface area contributed by atoms with Gasteiger partial charge in [-0.2, -0.15) is 0 Å². The predicted octanol–water partition coefficient (Wildman–Crippen LogP) is 6.07. The van der Waals surface area contributed by atoms with E-state index in [1.807, 2.05) is 0 Å². The Morgan fingerprint density at radius 2 is 1.05 bits per heavy atom. The summed E-state index contributed by atoms with van der Waals surface area (Å²) < 4.78 is 0. The minimum absolute atomic E-state index is 1.33. The van der Waals surface area contributed by atoms with E-state index in [0.717, 1.165) is 0 Å². The molecule has 0 N–H and O–H groups in total. The van der Waals surface area contributed by atoms with Crippen LogP contribution in [0.15, 0.2) is 54.6 Å². The van der Waals surface area contributed by atoms with Crippen LogP contribution in [0.25, 0.3) is 32.3 Å². The highest BCUT2D eigenvalue weighted by atomic mass is 14.1. The first kappa shape index (κ1) is 12.4. The van der Waals surface area contributed by atoms with Crippen molar-refractivity contribution in [2.24, 2.45) is 0 Å². The van der Waals surface area contributed by atoms with Crippen LogP contribution in [0.2, 0.25) is 0 Å². The summed E-state index contributed by atoms with van der Waals surface area (Å²) in [5.41, 5.74) is 4.07. The van der Waals surface area contributed by atoms with Gasteiger partial charge in [0.2, 0.25) is 0 Å². The van der Waals surface area contributed by atoms with Crippen molar-refractivity contribution in [1.29, 1.82) is 0 Å². The van der Waals surface area contributed by atoms with Gasteiger partial charge >= 0.3 is 0 Å². The molecule has 0 aromatic heterocycles. The van der Waals surface area contributed by atoms with Gasteiger partial charge in [-0.15, -0.1) is 0 Å². The fourth-order valence-corrected chi connectivity index (χ4v) is 3.32. The van der Waals surface area contributed by atoms with Crippen molar-refractivity contribution < 1.29 is 0 Å². The molecule has 0 radical (unpaired) electrons. The molecule has 0 amide bonds. The molecule has 0 unspecified atom stereocenters. The number of fused-ring (bicyclic) bond motifs is 4. The van der Waals surface area contributed by atoms with Gasteiger partial charge in [0, 0.05) is 0 Å². The second-order valence-electron chi connectivity index (χ2n) is 6.10. The van der Waals surface area contributed by atoms with Crippen LogP contribution in [-0.2, 0) is 0 Å². The van der Waals surface area contributed by atoms with E-state index in [4.69, 9.17) is 0 Å². The van der Waals surface area contributed by atoms with Gasteiger partial charge in [-0.3, -0.25) is 0 Å². The van der Waals surface area contributed by atoms with Crippen molar-refractivity contribution in [3.8, 4) is 0 Å². The third kappa shape index (κ3) is 1.83. The molecule has 0 bridgehead atoms. The van der Waals surface area contributed by atoms with Gasteiger partial charge < -0.3 is 0 Å². The number of hydrogen-bond donors (Lipinski definition) is 0. The molecule has 0 nitrogen and oxygen atoms in total. The van der Waals surface area contributed by atoms with Crippen LogP contribution >= 0.6 is 0 Å². The van der Waals surface area contributed by atoms with E-state index < -0.39 is 0 Å². The molecule has 0 atom stereocenters. The Kier molecular flexibility index (Phi) is 2.56. The summed E-state index contributed by atoms with van der Waals surface area (Å²) in [7, 11) is 0. The van der Waals surface area contributed by atoms with Crippen molar-refractivity contribution in [2.75, 3.05) is 0 Å². The summed E-state index contributed by atoms with van der Waals surface area (Å²) >= 11 is 0. The van der Waals surface area contributed by atoms with E-state index in [2.05, 4.69) is 75.4 Å². The average Bonchev–Trinajstić information content (AvgIpc) is 2.48. The van der Waals surface area contributed by atoms with E-state index in [9.17, 15) is 0 Å². The standard InChI is InChI=1S/C21H18/c1-13-8-16-11-18-10-15(3)19-6-4-5-7-20(19)21(18)12-17(16)9-14(13)2/h4-12H,1-3H3. The summed E-state index contributed by atoms with van der Waals surface area (Å²) in [6.07, 6.45) is 0. The van der Waals surface area contributed by atoms with Crippen LogP contribution in [0.5, 0.6) is 0 Å². The Balaban J connectivity index is 2.23. The van der Waals surface area contributed by atoms with Crippen molar-refractivity contribution in [3.63, 3.8) is 0 Å². The lowest BCUT2D eigenvalue weighted by molar-refractivity contribution is 1.37. The van der Waals surface area contributed by atoms with Gasteiger partial charge in [-0.1, -0.05) is 42.5 Å². The van der Waals surface area contributed by atoms with Crippen LogP contribution in [-0.4, -0.2) is 0 Å². The molecule has 0 saturated heterocycles. The van der Waals surface area contributed by atoms with Gasteiger partial charge in [-0.25, -0.2) is 0 Å². The lowest BCUT2D eigenvalue weighted by Crippen LogP contribution is -1.86. The van der Waals surface area contributed by atoms with Crippen molar-refractivity contribution in [3.05, 3.63) is 71.3 Å². The molecule has 0 aliphatic carbocycles. The van der Waals surface area contributed by atoms with Gasteiger partial charge in [0.05, 0.1) is 0 Å². The topological polar surface area (TPSA) is 0 Å². The molecule has 0 aliphatic heterocycles. The Morgan fingerprint density at radius 1 is 0.476 bits per heavy atom. The fraction of sp³-hybridized carbons (Fsp3) is 0.143. The van der Waals surface area contributed by atoms with E-state index in [-0.39, 0.29) is 0 Å². The van der Waals surface area contributed by atoms with Gasteiger partial charge in [-0.05, 0) is 81.9 Å². The van der Waals surface area contributed by atoms with Gasteiger partial charge in [0.15, 0.2) is 0 Å². The molecule has 0 heterocycles. The highest BCUT2D eigenvalue weighted by molar-refractivity contribution is 6.13. The quantitative estimate of drug-likeness (QED) is 0.268. The maximum Gasteiger partial charge on any atom is -0.00988 e. The fourth-order valence-electron chi connectivity index (χ4n) is 3.32. The van der Waals surface area contributed by atoms with Crippen LogP contribution in [0.3, 0.4) is 0 Å². The summed E-state index contributed by atoms with van der Waals surface area (Å²) in [5, 5.41) is 8.06. The molecule has 0 aliphatic rings. The zero-order valence-corrected chi connectivity index (χ0v) is 12.7. The molecule has 0 saturated carbocycles. The normalized spacial score (nSPS) is 11.6. The highest BCUT2D eigenvalue weighted by Gasteiger charge is 2.06. The zero-order valence-electron chi connectivity index (χ0n) is 12.7. The first-order chi connectivity index (χ1) is 10.1. The van der Waals surface area contributed by atoms with Crippen LogP contribution < -0.4 is 0 Å². The molecule has 0 fully saturated rings. The maximum absolute atomic E-state index is 2.35. The third-order valence-corrected chi connectivity index (χ3v) is 4.64. The second-order valence-corrected chi connectivity index (χ2v) is 6.10. The van der Waals surface area contributed by atoms with E-state index in [1.54, 1.807) is 0 Å². The Morgan fingerprint density at radius 3 is 1.76 bits per heavy atom. The summed E-state index contributed by atoms with van der Waals surface area (Å²) in [5.74, 6) is 0. The third-order valence-electron chi connectivity index (χ3n) is 4.64. The summed E-state index contributed by atoms with van der Waals surface area (Å²) in [4.78, 5) is 0. The number of aryl methyl sites for hydroxylation is 3. The largest absolute Gasteiger partial charge is 0.0616 e. The first-order valence-electron chi connectivity index (χ1n) is 7.46. The van der Waals surface area contributed by atoms with E-state index in [1.165, 1.54) is 49.0 Å². The molecule has 0 heteroatoms. The minimum atomic E-state index is 1.33. The van der Waals surface area contributed by atoms with Gasteiger partial charge in [0.1, 0.15) is 0 Å². The van der Waals surface area contributed by atoms with Crippen LogP contribution in [0, 0.1) is 20.8 Å². The maximum atomic E-state index is 2.35. The molecular weight excluding hydrogens is 252 g/mol. The lowest BCUT2D eigenvalue weighted by Gasteiger charge is -2.10. The average molecular weight is 270 g/mol. The molecule has 0 spiro atoms. The minimum Gasteiger partial charge on any atom is -0.0616 e. The molecule has 102 valence electrons. The summed E-state index contributed by atoms with van der Waals surface area (Å²) in [6, 6.07) is 20.3. The van der Waals surface area contributed by atoms with Crippen molar-refractivity contribution >= 4 is 32.3 Å². The second kappa shape index (κ2) is 4.33. The molecule has 4 rings (SSSR count). The predicted molar refractivity (Wildman–Crippen MR) is 93.2 cm³/mol. The van der Waals surface area contributed by atoms with E-state index in [0.29, 0.717) is 0 Å². The van der Waals surface area contributed by atoms with Gasteiger partial charge in [0.25, 0.3) is 0 Å². The van der Waals surface area contributed by atoms with Crippen LogP contribution in [0.1, 0.15) is 16.7 Å². The Hall–Kier alpha value is -2.34.